The number of pyridine rings is 2. The smallest absolute Gasteiger partial charge is 0.152 e. The Hall–Kier alpha value is -3.08. The number of allylic oxidation sites excluding steroid dienone is 1. The number of aromatic nitrogens is 2. The largest absolute Gasteiger partial charge is 0.339 e. The van der Waals surface area contributed by atoms with Gasteiger partial charge in [-0.1, -0.05) is 18.7 Å². The van der Waals surface area contributed by atoms with Gasteiger partial charge in [0, 0.05) is 28.2 Å². The fraction of sp³-hybridized carbons (Fsp3) is 0.105. The topological polar surface area (TPSA) is 50.2 Å². The van der Waals surface area contributed by atoms with Gasteiger partial charge in [0.2, 0.25) is 0 Å². The number of fused-ring (bicyclic) bond motifs is 2. The Kier molecular flexibility index (Phi) is 3.34. The van der Waals surface area contributed by atoms with Crippen LogP contribution in [0.3, 0.4) is 0 Å². The molecule has 2 aromatic heterocycles. The normalized spacial score (nSPS) is 12.8. The Balaban J connectivity index is 1.74. The van der Waals surface area contributed by atoms with Crippen molar-refractivity contribution >= 4 is 27.9 Å². The molecule has 0 fully saturated rings. The Labute approximate surface area is 138 Å². The quantitative estimate of drug-likeness (QED) is 0.771. The molecule has 1 N–H and O–H groups in total. The highest BCUT2D eigenvalue weighted by Crippen LogP contribution is 2.28. The van der Waals surface area contributed by atoms with Gasteiger partial charge in [0.25, 0.3) is 0 Å². The molecule has 0 amide bonds. The highest BCUT2D eigenvalue weighted by molar-refractivity contribution is 6.10. The number of aliphatic imine (C=N–C) groups is 1. The minimum absolute atomic E-state index is 0.356. The molecule has 0 atom stereocenters. The van der Waals surface area contributed by atoms with Gasteiger partial charge in [0.1, 0.15) is 11.5 Å². The van der Waals surface area contributed by atoms with Crippen molar-refractivity contribution in [2.45, 2.75) is 13.5 Å². The standard InChI is InChI=1S/C19H15FN4/c1-11(2)17-14-6-5-13(8-15(14)16(20)10-22-17)24-19-18-12(9-23-19)4-3-7-21-18/h3-8,10H,1,9H2,2H3,(H,23,24). The summed E-state index contributed by atoms with van der Waals surface area (Å²) in [5.74, 6) is 0.352. The molecule has 0 unspecified atom stereocenters. The zero-order valence-corrected chi connectivity index (χ0v) is 13.2. The number of hydrogen-bond donors (Lipinski definition) is 1. The van der Waals surface area contributed by atoms with Gasteiger partial charge in [-0.25, -0.2) is 4.39 Å². The SMILES string of the molecule is C=C(C)c1ncc(F)c2cc(NC3=NCc4cccnc43)ccc12. The summed E-state index contributed by atoms with van der Waals surface area (Å²) in [6.07, 6.45) is 2.98. The Bertz CT molecular complexity index is 1010. The van der Waals surface area contributed by atoms with Crippen LogP contribution in [0.1, 0.15) is 23.9 Å². The molecule has 0 saturated carbocycles. The lowest BCUT2D eigenvalue weighted by molar-refractivity contribution is 0.633. The molecule has 1 aliphatic heterocycles. The molecule has 5 heteroatoms. The lowest BCUT2D eigenvalue weighted by atomic mass is 10.0. The van der Waals surface area contributed by atoms with Crippen LogP contribution in [-0.4, -0.2) is 15.8 Å². The minimum atomic E-state index is -0.356. The predicted molar refractivity (Wildman–Crippen MR) is 94.5 cm³/mol. The lowest BCUT2D eigenvalue weighted by Gasteiger charge is -2.10. The third-order valence-corrected chi connectivity index (χ3v) is 4.03. The van der Waals surface area contributed by atoms with Crippen molar-refractivity contribution in [3.63, 3.8) is 0 Å². The van der Waals surface area contributed by atoms with Crippen LogP contribution in [-0.2, 0) is 6.54 Å². The van der Waals surface area contributed by atoms with Crippen molar-refractivity contribution in [2.75, 3.05) is 5.32 Å². The van der Waals surface area contributed by atoms with Crippen molar-refractivity contribution in [1.29, 1.82) is 0 Å². The minimum Gasteiger partial charge on any atom is -0.339 e. The van der Waals surface area contributed by atoms with Crippen LogP contribution >= 0.6 is 0 Å². The Morgan fingerprint density at radius 1 is 1.21 bits per heavy atom. The van der Waals surface area contributed by atoms with Crippen LogP contribution in [0.25, 0.3) is 16.3 Å². The predicted octanol–water partition coefficient (Wildman–Crippen LogP) is 4.17. The third kappa shape index (κ3) is 2.34. The van der Waals surface area contributed by atoms with Crippen molar-refractivity contribution < 1.29 is 4.39 Å². The first-order valence-electron chi connectivity index (χ1n) is 7.63. The number of hydrogen-bond acceptors (Lipinski definition) is 4. The summed E-state index contributed by atoms with van der Waals surface area (Å²) in [5, 5.41) is 4.50. The summed E-state index contributed by atoms with van der Waals surface area (Å²) >= 11 is 0. The molecule has 1 aromatic carbocycles. The average Bonchev–Trinajstić information content (AvgIpc) is 2.98. The number of amidine groups is 1. The van der Waals surface area contributed by atoms with E-state index in [1.165, 1.54) is 6.20 Å². The van der Waals surface area contributed by atoms with Gasteiger partial charge in [0.05, 0.1) is 18.4 Å². The molecule has 3 heterocycles. The molecule has 1 aliphatic rings. The first-order chi connectivity index (χ1) is 11.6. The number of halogens is 1. The first-order valence-corrected chi connectivity index (χ1v) is 7.63. The second kappa shape index (κ2) is 5.53. The number of anilines is 1. The van der Waals surface area contributed by atoms with E-state index in [1.54, 1.807) is 12.3 Å². The summed E-state index contributed by atoms with van der Waals surface area (Å²) in [7, 11) is 0. The van der Waals surface area contributed by atoms with Gasteiger partial charge >= 0.3 is 0 Å². The number of benzene rings is 1. The van der Waals surface area contributed by atoms with Crippen molar-refractivity contribution in [1.82, 2.24) is 9.97 Å². The zero-order chi connectivity index (χ0) is 16.7. The Morgan fingerprint density at radius 2 is 2.08 bits per heavy atom. The second-order valence-electron chi connectivity index (χ2n) is 5.80. The molecule has 24 heavy (non-hydrogen) atoms. The van der Waals surface area contributed by atoms with E-state index in [4.69, 9.17) is 0 Å². The summed E-state index contributed by atoms with van der Waals surface area (Å²) in [5.41, 5.74) is 4.20. The summed E-state index contributed by atoms with van der Waals surface area (Å²) in [6, 6.07) is 9.41. The van der Waals surface area contributed by atoms with E-state index in [2.05, 4.69) is 26.9 Å². The molecule has 3 aromatic rings. The monoisotopic (exact) mass is 318 g/mol. The third-order valence-electron chi connectivity index (χ3n) is 4.03. The molecule has 4 nitrogen and oxygen atoms in total. The molecule has 0 radical (unpaired) electrons. The first kappa shape index (κ1) is 14.5. The maximum Gasteiger partial charge on any atom is 0.152 e. The summed E-state index contributed by atoms with van der Waals surface area (Å²) in [4.78, 5) is 13.0. The van der Waals surface area contributed by atoms with Crippen molar-refractivity contribution in [3.8, 4) is 0 Å². The second-order valence-corrected chi connectivity index (χ2v) is 5.80. The van der Waals surface area contributed by atoms with E-state index in [-0.39, 0.29) is 5.82 Å². The van der Waals surface area contributed by atoms with Crippen molar-refractivity contribution in [3.05, 3.63) is 72.1 Å². The van der Waals surface area contributed by atoms with Gasteiger partial charge in [0.15, 0.2) is 5.84 Å². The highest BCUT2D eigenvalue weighted by Gasteiger charge is 2.17. The summed E-state index contributed by atoms with van der Waals surface area (Å²) in [6.45, 7) is 6.38. The Morgan fingerprint density at radius 3 is 2.92 bits per heavy atom. The van der Waals surface area contributed by atoms with Crippen LogP contribution in [0.4, 0.5) is 10.1 Å². The van der Waals surface area contributed by atoms with Gasteiger partial charge in [-0.3, -0.25) is 15.0 Å². The molecular formula is C19H15FN4. The average molecular weight is 318 g/mol. The summed E-state index contributed by atoms with van der Waals surface area (Å²) < 4.78 is 14.2. The van der Waals surface area contributed by atoms with Crippen LogP contribution in [0, 0.1) is 5.82 Å². The number of rotatable bonds is 2. The van der Waals surface area contributed by atoms with E-state index in [0.717, 1.165) is 27.9 Å². The lowest BCUT2D eigenvalue weighted by Crippen LogP contribution is -2.13. The zero-order valence-electron chi connectivity index (χ0n) is 13.2. The van der Waals surface area contributed by atoms with Crippen LogP contribution < -0.4 is 5.32 Å². The fourth-order valence-corrected chi connectivity index (χ4v) is 2.88. The van der Waals surface area contributed by atoms with Crippen molar-refractivity contribution in [2.24, 2.45) is 4.99 Å². The molecule has 0 aliphatic carbocycles. The molecule has 4 rings (SSSR count). The molecule has 0 bridgehead atoms. The number of nitrogens with zero attached hydrogens (tertiary/aromatic N) is 3. The van der Waals surface area contributed by atoms with Gasteiger partial charge in [-0.2, -0.15) is 0 Å². The van der Waals surface area contributed by atoms with E-state index < -0.39 is 0 Å². The van der Waals surface area contributed by atoms with Crippen LogP contribution in [0.5, 0.6) is 0 Å². The van der Waals surface area contributed by atoms with Crippen LogP contribution in [0.2, 0.25) is 0 Å². The molecule has 0 spiro atoms. The van der Waals surface area contributed by atoms with Crippen LogP contribution in [0.15, 0.2) is 54.3 Å². The molecular weight excluding hydrogens is 303 g/mol. The van der Waals surface area contributed by atoms with E-state index in [0.29, 0.717) is 23.5 Å². The van der Waals surface area contributed by atoms with Gasteiger partial charge in [-0.05, 0) is 30.7 Å². The van der Waals surface area contributed by atoms with Gasteiger partial charge < -0.3 is 5.32 Å². The molecule has 0 saturated heterocycles. The highest BCUT2D eigenvalue weighted by atomic mass is 19.1. The number of nitrogens with one attached hydrogen (secondary N) is 1. The van der Waals surface area contributed by atoms with E-state index >= 15 is 0 Å². The maximum absolute atomic E-state index is 14.2. The molecule has 118 valence electrons. The van der Waals surface area contributed by atoms with E-state index in [9.17, 15) is 4.39 Å². The van der Waals surface area contributed by atoms with Gasteiger partial charge in [-0.15, -0.1) is 0 Å². The maximum atomic E-state index is 14.2. The fourth-order valence-electron chi connectivity index (χ4n) is 2.88. The van der Waals surface area contributed by atoms with E-state index in [1.807, 2.05) is 31.2 Å².